The van der Waals surface area contributed by atoms with Gasteiger partial charge in [-0.3, -0.25) is 4.98 Å². The lowest BCUT2D eigenvalue weighted by Gasteiger charge is -2.18. The van der Waals surface area contributed by atoms with E-state index in [4.69, 9.17) is 23.2 Å². The first-order valence-corrected chi connectivity index (χ1v) is 7.44. The van der Waals surface area contributed by atoms with E-state index in [2.05, 4.69) is 31.0 Å². The summed E-state index contributed by atoms with van der Waals surface area (Å²) in [4.78, 5) is 4.21. The second-order valence-electron chi connectivity index (χ2n) is 4.70. The van der Waals surface area contributed by atoms with Crippen LogP contribution in [0.15, 0.2) is 48.8 Å². The van der Waals surface area contributed by atoms with Crippen LogP contribution in [-0.4, -0.2) is 4.98 Å². The Balaban J connectivity index is 2.42. The number of halogens is 2. The summed E-state index contributed by atoms with van der Waals surface area (Å²) < 4.78 is 0. The number of benzene rings is 1. The molecule has 1 unspecified atom stereocenters. The maximum Gasteiger partial charge on any atom is 0.0458 e. The number of allylic oxidation sites excluding steroid dienone is 2. The highest BCUT2D eigenvalue weighted by molar-refractivity contribution is 6.35. The van der Waals surface area contributed by atoms with Crippen LogP contribution < -0.4 is 0 Å². The lowest BCUT2D eigenvalue weighted by atomic mass is 9.88. The fourth-order valence-corrected chi connectivity index (χ4v) is 2.89. The summed E-state index contributed by atoms with van der Waals surface area (Å²) in [6.07, 6.45) is 6.88. The van der Waals surface area contributed by atoms with Crippen LogP contribution in [0.5, 0.6) is 0 Å². The first-order valence-electron chi connectivity index (χ1n) is 6.69. The molecule has 0 aliphatic carbocycles. The number of nitrogens with zero attached hydrogens (tertiary/aromatic N) is 1. The van der Waals surface area contributed by atoms with E-state index in [0.29, 0.717) is 10.0 Å². The minimum Gasteiger partial charge on any atom is -0.264 e. The standard InChI is InChI=1S/C17H17Cl2N/c1-3-5-15(13-6-4-9-20-11-13)12(2)16-8-7-14(18)10-17(16)19/h4-12H,3H2,1-2H3. The van der Waals surface area contributed by atoms with Crippen molar-refractivity contribution in [2.75, 3.05) is 0 Å². The Morgan fingerprint density at radius 1 is 1.30 bits per heavy atom. The molecule has 0 N–H and O–H groups in total. The van der Waals surface area contributed by atoms with Crippen molar-refractivity contribution in [2.45, 2.75) is 26.2 Å². The molecule has 0 amide bonds. The molecular weight excluding hydrogens is 289 g/mol. The lowest BCUT2D eigenvalue weighted by molar-refractivity contribution is 0.977. The van der Waals surface area contributed by atoms with Crippen molar-refractivity contribution in [2.24, 2.45) is 0 Å². The summed E-state index contributed by atoms with van der Waals surface area (Å²) in [6.45, 7) is 4.29. The molecule has 0 radical (unpaired) electrons. The van der Waals surface area contributed by atoms with E-state index < -0.39 is 0 Å². The van der Waals surface area contributed by atoms with E-state index in [-0.39, 0.29) is 5.92 Å². The van der Waals surface area contributed by atoms with Gasteiger partial charge in [-0.2, -0.15) is 0 Å². The fraction of sp³-hybridized carbons (Fsp3) is 0.235. The minimum atomic E-state index is 0.198. The van der Waals surface area contributed by atoms with Crippen molar-refractivity contribution in [3.05, 3.63) is 70.0 Å². The number of hydrogen-bond donors (Lipinski definition) is 0. The molecule has 0 saturated carbocycles. The minimum absolute atomic E-state index is 0.198. The third-order valence-corrected chi connectivity index (χ3v) is 3.88. The van der Waals surface area contributed by atoms with Crippen LogP contribution in [0.25, 0.3) is 5.57 Å². The van der Waals surface area contributed by atoms with Crippen molar-refractivity contribution in [3.63, 3.8) is 0 Å². The number of pyridine rings is 1. The predicted molar refractivity (Wildman–Crippen MR) is 87.4 cm³/mol. The number of aromatic nitrogens is 1. The first kappa shape index (κ1) is 15.1. The molecule has 2 aromatic rings. The Morgan fingerprint density at radius 3 is 2.70 bits per heavy atom. The van der Waals surface area contributed by atoms with Gasteiger partial charge >= 0.3 is 0 Å². The van der Waals surface area contributed by atoms with Crippen LogP contribution >= 0.6 is 23.2 Å². The Labute approximate surface area is 130 Å². The van der Waals surface area contributed by atoms with Gasteiger partial charge in [0.15, 0.2) is 0 Å². The molecule has 1 aromatic heterocycles. The lowest BCUT2D eigenvalue weighted by Crippen LogP contribution is -1.99. The Bertz CT molecular complexity index is 606. The van der Waals surface area contributed by atoms with E-state index >= 15 is 0 Å². The normalized spacial score (nSPS) is 13.3. The van der Waals surface area contributed by atoms with Crippen LogP contribution in [0, 0.1) is 0 Å². The number of hydrogen-bond acceptors (Lipinski definition) is 1. The van der Waals surface area contributed by atoms with Gasteiger partial charge in [0.25, 0.3) is 0 Å². The smallest absolute Gasteiger partial charge is 0.0458 e. The second kappa shape index (κ2) is 6.92. The van der Waals surface area contributed by atoms with Crippen molar-refractivity contribution in [1.82, 2.24) is 4.98 Å². The summed E-state index contributed by atoms with van der Waals surface area (Å²) in [5, 5.41) is 1.37. The van der Waals surface area contributed by atoms with Gasteiger partial charge in [0.05, 0.1) is 0 Å². The quantitative estimate of drug-likeness (QED) is 0.676. The Hall–Kier alpha value is -1.31. The molecule has 2 rings (SSSR count). The van der Waals surface area contributed by atoms with Gasteiger partial charge in [-0.15, -0.1) is 0 Å². The maximum absolute atomic E-state index is 6.33. The van der Waals surface area contributed by atoms with Gasteiger partial charge in [0, 0.05) is 28.4 Å². The third-order valence-electron chi connectivity index (χ3n) is 3.31. The van der Waals surface area contributed by atoms with E-state index in [1.54, 1.807) is 12.3 Å². The van der Waals surface area contributed by atoms with E-state index in [1.807, 2.05) is 24.4 Å². The van der Waals surface area contributed by atoms with Crippen molar-refractivity contribution in [3.8, 4) is 0 Å². The fourth-order valence-electron chi connectivity index (χ4n) is 2.32. The SMILES string of the molecule is CCC=C(c1cccnc1)C(C)c1ccc(Cl)cc1Cl. The highest BCUT2D eigenvalue weighted by atomic mass is 35.5. The van der Waals surface area contributed by atoms with Gasteiger partial charge in [0.2, 0.25) is 0 Å². The highest BCUT2D eigenvalue weighted by Gasteiger charge is 2.16. The van der Waals surface area contributed by atoms with Crippen LogP contribution in [0.3, 0.4) is 0 Å². The Kier molecular flexibility index (Phi) is 5.22. The van der Waals surface area contributed by atoms with Gasteiger partial charge in [-0.05, 0) is 41.3 Å². The van der Waals surface area contributed by atoms with Crippen LogP contribution in [0.4, 0.5) is 0 Å². The number of rotatable bonds is 4. The summed E-state index contributed by atoms with van der Waals surface area (Å²) >= 11 is 12.3. The van der Waals surface area contributed by atoms with Gasteiger partial charge < -0.3 is 0 Å². The summed E-state index contributed by atoms with van der Waals surface area (Å²) in [5.41, 5.74) is 3.46. The molecule has 20 heavy (non-hydrogen) atoms. The molecule has 104 valence electrons. The molecule has 0 saturated heterocycles. The topological polar surface area (TPSA) is 12.9 Å². The van der Waals surface area contributed by atoms with E-state index in [1.165, 1.54) is 5.57 Å². The second-order valence-corrected chi connectivity index (χ2v) is 5.54. The summed E-state index contributed by atoms with van der Waals surface area (Å²) in [6, 6.07) is 9.70. The van der Waals surface area contributed by atoms with Crippen molar-refractivity contribution in [1.29, 1.82) is 0 Å². The molecular formula is C17H17Cl2N. The molecule has 3 heteroatoms. The van der Waals surface area contributed by atoms with Crippen molar-refractivity contribution < 1.29 is 0 Å². The molecule has 1 heterocycles. The summed E-state index contributed by atoms with van der Waals surface area (Å²) in [5.74, 6) is 0.198. The largest absolute Gasteiger partial charge is 0.264 e. The third kappa shape index (κ3) is 3.41. The van der Waals surface area contributed by atoms with Gasteiger partial charge in [0.1, 0.15) is 0 Å². The van der Waals surface area contributed by atoms with E-state index in [0.717, 1.165) is 17.5 Å². The Morgan fingerprint density at radius 2 is 2.10 bits per heavy atom. The highest BCUT2D eigenvalue weighted by Crippen LogP contribution is 2.36. The monoisotopic (exact) mass is 305 g/mol. The van der Waals surface area contributed by atoms with Crippen LogP contribution in [0.1, 0.15) is 37.3 Å². The molecule has 1 nitrogen and oxygen atoms in total. The maximum atomic E-state index is 6.33. The average Bonchev–Trinajstić information content (AvgIpc) is 2.45. The molecule has 0 spiro atoms. The molecule has 0 aliphatic rings. The predicted octanol–water partition coefficient (Wildman–Crippen LogP) is 5.99. The van der Waals surface area contributed by atoms with Crippen molar-refractivity contribution >= 4 is 28.8 Å². The summed E-state index contributed by atoms with van der Waals surface area (Å²) in [7, 11) is 0. The van der Waals surface area contributed by atoms with Gasteiger partial charge in [-0.1, -0.05) is 55.3 Å². The molecule has 0 aliphatic heterocycles. The zero-order valence-electron chi connectivity index (χ0n) is 11.6. The molecule has 0 fully saturated rings. The van der Waals surface area contributed by atoms with Crippen LogP contribution in [-0.2, 0) is 0 Å². The van der Waals surface area contributed by atoms with Crippen LogP contribution in [0.2, 0.25) is 10.0 Å². The first-order chi connectivity index (χ1) is 9.63. The average molecular weight is 306 g/mol. The zero-order chi connectivity index (χ0) is 14.5. The van der Waals surface area contributed by atoms with Gasteiger partial charge in [-0.25, -0.2) is 0 Å². The molecule has 0 bridgehead atoms. The molecule has 1 aromatic carbocycles. The zero-order valence-corrected chi connectivity index (χ0v) is 13.1. The van der Waals surface area contributed by atoms with E-state index in [9.17, 15) is 0 Å². The molecule has 1 atom stereocenters.